The Kier molecular flexibility index (Phi) is 4.57. The van der Waals surface area contributed by atoms with E-state index >= 15 is 0 Å². The Morgan fingerprint density at radius 1 is 1.60 bits per heavy atom. The number of piperidine rings is 1. The number of rotatable bonds is 3. The summed E-state index contributed by atoms with van der Waals surface area (Å²) < 4.78 is 0. The van der Waals surface area contributed by atoms with E-state index in [0.717, 1.165) is 19.4 Å². The van der Waals surface area contributed by atoms with Crippen molar-refractivity contribution in [3.63, 3.8) is 0 Å². The monoisotopic (exact) mass is 272 g/mol. The quantitative estimate of drug-likeness (QED) is 0.915. The van der Waals surface area contributed by atoms with Gasteiger partial charge in [-0.2, -0.15) is 5.26 Å². The van der Waals surface area contributed by atoms with Crippen LogP contribution in [-0.4, -0.2) is 34.4 Å². The van der Waals surface area contributed by atoms with Crippen molar-refractivity contribution in [2.24, 2.45) is 0 Å². The molecule has 2 rings (SSSR count). The zero-order chi connectivity index (χ0) is 14.5. The molecule has 2 heterocycles. The summed E-state index contributed by atoms with van der Waals surface area (Å²) in [6.45, 7) is 4.73. The number of amides is 1. The molecule has 0 aliphatic carbocycles. The van der Waals surface area contributed by atoms with Gasteiger partial charge < -0.3 is 10.2 Å². The van der Waals surface area contributed by atoms with Crippen molar-refractivity contribution >= 4 is 11.7 Å². The van der Waals surface area contributed by atoms with E-state index in [1.54, 1.807) is 18.3 Å². The van der Waals surface area contributed by atoms with Crippen molar-refractivity contribution in [3.05, 3.63) is 23.9 Å². The molecule has 0 aromatic carbocycles. The number of aromatic nitrogens is 1. The minimum atomic E-state index is -0.377. The van der Waals surface area contributed by atoms with Gasteiger partial charge in [0.15, 0.2) is 0 Å². The van der Waals surface area contributed by atoms with Crippen molar-refractivity contribution < 1.29 is 4.79 Å². The van der Waals surface area contributed by atoms with Crippen LogP contribution in [0.4, 0.5) is 5.82 Å². The molecule has 1 saturated heterocycles. The lowest BCUT2D eigenvalue weighted by molar-refractivity contribution is -0.134. The van der Waals surface area contributed by atoms with Gasteiger partial charge in [0.05, 0.1) is 5.56 Å². The standard InChI is InChI=1S/C15H20N4O/c1-11-6-3-4-9-19(11)15(20)12(2)18-14-13(10-16)7-5-8-17-14/h5,7-8,11-12H,3-4,6,9H2,1-2H3,(H,17,18)/t11-,12-/m1/s1. The first kappa shape index (κ1) is 14.3. The van der Waals surface area contributed by atoms with Crippen LogP contribution < -0.4 is 5.32 Å². The average Bonchev–Trinajstić information content (AvgIpc) is 2.47. The number of hydrogen-bond donors (Lipinski definition) is 1. The van der Waals surface area contributed by atoms with Gasteiger partial charge in [-0.3, -0.25) is 4.79 Å². The summed E-state index contributed by atoms with van der Waals surface area (Å²) >= 11 is 0. The largest absolute Gasteiger partial charge is 0.358 e. The maximum Gasteiger partial charge on any atom is 0.245 e. The summed E-state index contributed by atoms with van der Waals surface area (Å²) in [5, 5.41) is 12.1. The number of likely N-dealkylation sites (tertiary alicyclic amines) is 1. The molecule has 20 heavy (non-hydrogen) atoms. The van der Waals surface area contributed by atoms with Gasteiger partial charge in [0.25, 0.3) is 0 Å². The minimum absolute atomic E-state index is 0.0757. The van der Waals surface area contributed by atoms with E-state index in [4.69, 9.17) is 5.26 Å². The SMILES string of the molecule is C[C@@H]1CCCCN1C(=O)[C@@H](C)Nc1ncccc1C#N. The molecule has 1 aromatic rings. The van der Waals surface area contributed by atoms with E-state index in [2.05, 4.69) is 23.3 Å². The molecule has 0 saturated carbocycles. The summed E-state index contributed by atoms with van der Waals surface area (Å²) in [6.07, 6.45) is 4.93. The van der Waals surface area contributed by atoms with Crippen molar-refractivity contribution in [2.75, 3.05) is 11.9 Å². The van der Waals surface area contributed by atoms with Crippen LogP contribution in [0.2, 0.25) is 0 Å². The molecule has 1 amide bonds. The molecular formula is C15H20N4O. The van der Waals surface area contributed by atoms with Crippen molar-refractivity contribution in [2.45, 2.75) is 45.2 Å². The number of nitrogens with one attached hydrogen (secondary N) is 1. The summed E-state index contributed by atoms with van der Waals surface area (Å²) in [6, 6.07) is 5.39. The third kappa shape index (κ3) is 3.08. The van der Waals surface area contributed by atoms with E-state index in [1.165, 1.54) is 6.42 Å². The lowest BCUT2D eigenvalue weighted by Crippen LogP contribution is -2.48. The number of nitriles is 1. The van der Waals surface area contributed by atoms with Gasteiger partial charge in [0.2, 0.25) is 5.91 Å². The van der Waals surface area contributed by atoms with Crippen LogP contribution in [0.5, 0.6) is 0 Å². The van der Waals surface area contributed by atoms with E-state index < -0.39 is 0 Å². The smallest absolute Gasteiger partial charge is 0.245 e. The lowest BCUT2D eigenvalue weighted by atomic mass is 10.0. The first-order valence-corrected chi connectivity index (χ1v) is 7.05. The van der Waals surface area contributed by atoms with Gasteiger partial charge in [-0.1, -0.05) is 0 Å². The molecule has 1 aromatic heterocycles. The predicted octanol–water partition coefficient (Wildman–Crippen LogP) is 2.15. The first-order chi connectivity index (χ1) is 9.63. The summed E-state index contributed by atoms with van der Waals surface area (Å²) in [5.41, 5.74) is 0.457. The Hall–Kier alpha value is -2.09. The second kappa shape index (κ2) is 6.38. The number of anilines is 1. The Bertz CT molecular complexity index is 523. The highest BCUT2D eigenvalue weighted by Crippen LogP contribution is 2.19. The van der Waals surface area contributed by atoms with Gasteiger partial charge in [0.1, 0.15) is 17.9 Å². The number of hydrogen-bond acceptors (Lipinski definition) is 4. The van der Waals surface area contributed by atoms with Gasteiger partial charge >= 0.3 is 0 Å². The van der Waals surface area contributed by atoms with Gasteiger partial charge in [-0.15, -0.1) is 0 Å². The number of carbonyl (C=O) groups excluding carboxylic acids is 1. The Morgan fingerprint density at radius 3 is 3.10 bits per heavy atom. The molecule has 1 aliphatic heterocycles. The van der Waals surface area contributed by atoms with Gasteiger partial charge in [0, 0.05) is 18.8 Å². The fourth-order valence-electron chi connectivity index (χ4n) is 2.55. The van der Waals surface area contributed by atoms with E-state index in [1.807, 2.05) is 11.8 Å². The molecule has 106 valence electrons. The third-order valence-electron chi connectivity index (χ3n) is 3.74. The number of pyridine rings is 1. The first-order valence-electron chi connectivity index (χ1n) is 7.05. The molecule has 1 aliphatic rings. The Morgan fingerprint density at radius 2 is 2.40 bits per heavy atom. The molecule has 0 spiro atoms. The molecule has 1 fully saturated rings. The highest BCUT2D eigenvalue weighted by Gasteiger charge is 2.27. The zero-order valence-corrected chi connectivity index (χ0v) is 12.0. The van der Waals surface area contributed by atoms with Crippen molar-refractivity contribution in [1.29, 1.82) is 5.26 Å². The molecule has 2 atom stereocenters. The topological polar surface area (TPSA) is 69.0 Å². The molecule has 0 radical (unpaired) electrons. The number of nitrogens with zero attached hydrogens (tertiary/aromatic N) is 3. The molecule has 5 heteroatoms. The Balaban J connectivity index is 2.06. The van der Waals surface area contributed by atoms with Crippen LogP contribution in [-0.2, 0) is 4.79 Å². The molecule has 0 bridgehead atoms. The maximum absolute atomic E-state index is 12.5. The second-order valence-electron chi connectivity index (χ2n) is 5.25. The fourth-order valence-corrected chi connectivity index (χ4v) is 2.55. The molecule has 1 N–H and O–H groups in total. The van der Waals surface area contributed by atoms with Crippen LogP contribution in [0.25, 0.3) is 0 Å². The molecular weight excluding hydrogens is 252 g/mol. The van der Waals surface area contributed by atoms with Gasteiger partial charge in [-0.25, -0.2) is 4.98 Å². The number of carbonyl (C=O) groups is 1. The van der Waals surface area contributed by atoms with E-state index in [-0.39, 0.29) is 11.9 Å². The molecule has 0 unspecified atom stereocenters. The fraction of sp³-hybridized carbons (Fsp3) is 0.533. The van der Waals surface area contributed by atoms with Gasteiger partial charge in [-0.05, 0) is 45.2 Å². The van der Waals surface area contributed by atoms with E-state index in [9.17, 15) is 4.79 Å². The van der Waals surface area contributed by atoms with Crippen LogP contribution in [0.1, 0.15) is 38.7 Å². The minimum Gasteiger partial charge on any atom is -0.358 e. The van der Waals surface area contributed by atoms with Crippen LogP contribution >= 0.6 is 0 Å². The zero-order valence-electron chi connectivity index (χ0n) is 12.0. The second-order valence-corrected chi connectivity index (χ2v) is 5.25. The van der Waals surface area contributed by atoms with Crippen molar-refractivity contribution in [1.82, 2.24) is 9.88 Å². The van der Waals surface area contributed by atoms with Crippen LogP contribution in [0, 0.1) is 11.3 Å². The highest BCUT2D eigenvalue weighted by molar-refractivity contribution is 5.84. The predicted molar refractivity (Wildman–Crippen MR) is 77.1 cm³/mol. The average molecular weight is 272 g/mol. The summed E-state index contributed by atoms with van der Waals surface area (Å²) in [4.78, 5) is 18.5. The normalized spacial score (nSPS) is 20.1. The van der Waals surface area contributed by atoms with Crippen LogP contribution in [0.3, 0.4) is 0 Å². The Labute approximate surface area is 119 Å². The molecule has 5 nitrogen and oxygen atoms in total. The lowest BCUT2D eigenvalue weighted by Gasteiger charge is -2.35. The summed E-state index contributed by atoms with van der Waals surface area (Å²) in [7, 11) is 0. The highest BCUT2D eigenvalue weighted by atomic mass is 16.2. The summed E-state index contributed by atoms with van der Waals surface area (Å²) in [5.74, 6) is 0.548. The van der Waals surface area contributed by atoms with Crippen LogP contribution in [0.15, 0.2) is 18.3 Å². The van der Waals surface area contributed by atoms with E-state index in [0.29, 0.717) is 17.4 Å². The maximum atomic E-state index is 12.5. The van der Waals surface area contributed by atoms with Crippen molar-refractivity contribution in [3.8, 4) is 6.07 Å². The third-order valence-corrected chi connectivity index (χ3v) is 3.74.